The van der Waals surface area contributed by atoms with Crippen LogP contribution in [0.5, 0.6) is 0 Å². The minimum absolute atomic E-state index is 0.00343. The largest absolute Gasteiger partial charge is 0.378 e. The van der Waals surface area contributed by atoms with E-state index in [1.807, 2.05) is 13.0 Å². The van der Waals surface area contributed by atoms with Crippen molar-refractivity contribution in [1.82, 2.24) is 5.32 Å². The first-order valence-electron chi connectivity index (χ1n) is 6.96. The van der Waals surface area contributed by atoms with Gasteiger partial charge in [0.2, 0.25) is 0 Å². The van der Waals surface area contributed by atoms with Gasteiger partial charge in [-0.2, -0.15) is 0 Å². The van der Waals surface area contributed by atoms with E-state index in [-0.39, 0.29) is 24.4 Å². The zero-order valence-corrected chi connectivity index (χ0v) is 15.4. The molecule has 1 atom stereocenters. The lowest BCUT2D eigenvalue weighted by Crippen LogP contribution is -2.34. The molecule has 6 nitrogen and oxygen atoms in total. The summed E-state index contributed by atoms with van der Waals surface area (Å²) in [6.45, 7) is 2.69. The van der Waals surface area contributed by atoms with Crippen LogP contribution in [0.2, 0.25) is 10.0 Å². The summed E-state index contributed by atoms with van der Waals surface area (Å²) in [5.74, 6) is 0.256. The van der Waals surface area contributed by atoms with Crippen molar-refractivity contribution in [2.24, 2.45) is 10.7 Å². The van der Waals surface area contributed by atoms with Crippen molar-refractivity contribution in [3.8, 4) is 0 Å². The molecule has 0 radical (unpaired) electrons. The van der Waals surface area contributed by atoms with Gasteiger partial charge in [-0.25, -0.2) is 8.42 Å². The Morgan fingerprint density at radius 3 is 2.70 bits per heavy atom. The Hall–Kier alpha value is -1.02. The van der Waals surface area contributed by atoms with Gasteiger partial charge in [-0.1, -0.05) is 29.3 Å². The molecule has 0 aliphatic carbocycles. The second-order valence-corrected chi connectivity index (χ2v) is 8.14. The maximum Gasteiger partial charge on any atom is 0.189 e. The second-order valence-electron chi connectivity index (χ2n) is 5.04. The summed E-state index contributed by atoms with van der Waals surface area (Å²) in [7, 11) is -3.00. The topological polar surface area (TPSA) is 93.8 Å². The molecule has 1 rings (SSSR count). The van der Waals surface area contributed by atoms with Crippen LogP contribution in [0.1, 0.15) is 18.5 Å². The number of hydrogen-bond acceptors (Lipinski definition) is 4. The molecule has 3 N–H and O–H groups in total. The molecule has 1 aromatic carbocycles. The van der Waals surface area contributed by atoms with E-state index >= 15 is 0 Å². The number of ether oxygens (including phenoxy) is 1. The van der Waals surface area contributed by atoms with Crippen LogP contribution in [0.3, 0.4) is 0 Å². The van der Waals surface area contributed by atoms with Crippen molar-refractivity contribution >= 4 is 39.0 Å². The number of nitrogens with one attached hydrogen (secondary N) is 1. The molecule has 1 aromatic rings. The molecule has 130 valence electrons. The first-order valence-corrected chi connectivity index (χ1v) is 9.77. The third-order valence-electron chi connectivity index (χ3n) is 2.91. The quantitative estimate of drug-likeness (QED) is 0.408. The molecule has 0 saturated carbocycles. The second kappa shape index (κ2) is 9.32. The maximum atomic E-state index is 10.9. The predicted molar refractivity (Wildman–Crippen MR) is 95.0 cm³/mol. The van der Waals surface area contributed by atoms with E-state index in [0.29, 0.717) is 23.2 Å². The molecule has 0 aliphatic heterocycles. The van der Waals surface area contributed by atoms with Crippen LogP contribution in [0.4, 0.5) is 0 Å². The van der Waals surface area contributed by atoms with Crippen LogP contribution < -0.4 is 11.1 Å². The average molecular weight is 382 g/mol. The molecule has 0 bridgehead atoms. The van der Waals surface area contributed by atoms with E-state index < -0.39 is 9.84 Å². The van der Waals surface area contributed by atoms with Gasteiger partial charge >= 0.3 is 0 Å². The van der Waals surface area contributed by atoms with Crippen LogP contribution in [0.15, 0.2) is 23.2 Å². The molecule has 9 heteroatoms. The Labute approximate surface area is 146 Å². The summed E-state index contributed by atoms with van der Waals surface area (Å²) in [5, 5.41) is 4.14. The van der Waals surface area contributed by atoms with E-state index in [0.717, 1.165) is 5.56 Å². The van der Waals surface area contributed by atoms with Crippen molar-refractivity contribution in [3.63, 3.8) is 0 Å². The van der Waals surface area contributed by atoms with E-state index in [4.69, 9.17) is 33.7 Å². The van der Waals surface area contributed by atoms with Gasteiger partial charge in [-0.05, 0) is 24.6 Å². The van der Waals surface area contributed by atoms with Gasteiger partial charge in [0.15, 0.2) is 5.96 Å². The Balaban J connectivity index is 2.38. The van der Waals surface area contributed by atoms with Gasteiger partial charge in [-0.3, -0.25) is 4.99 Å². The van der Waals surface area contributed by atoms with Gasteiger partial charge in [-0.15, -0.1) is 0 Å². The Morgan fingerprint density at radius 2 is 2.09 bits per heavy atom. The fourth-order valence-corrected chi connectivity index (χ4v) is 2.73. The highest BCUT2D eigenvalue weighted by Gasteiger charge is 2.10. The lowest BCUT2D eigenvalue weighted by Gasteiger charge is -2.16. The van der Waals surface area contributed by atoms with Crippen molar-refractivity contribution in [2.45, 2.75) is 13.0 Å². The Morgan fingerprint density at radius 1 is 1.39 bits per heavy atom. The Bertz CT molecular complexity index is 651. The molecule has 0 amide bonds. The third kappa shape index (κ3) is 8.41. The van der Waals surface area contributed by atoms with Gasteiger partial charge in [0.1, 0.15) is 9.84 Å². The van der Waals surface area contributed by atoms with E-state index in [9.17, 15) is 8.42 Å². The first-order chi connectivity index (χ1) is 10.7. The minimum Gasteiger partial charge on any atom is -0.378 e. The summed E-state index contributed by atoms with van der Waals surface area (Å²) >= 11 is 12.0. The summed E-state index contributed by atoms with van der Waals surface area (Å²) in [5.41, 5.74) is 6.65. The number of benzene rings is 1. The number of halogens is 2. The van der Waals surface area contributed by atoms with Crippen LogP contribution >= 0.6 is 23.2 Å². The molecule has 0 saturated heterocycles. The SMILES string of the molecule is CC(NC(N)=NCCOCCS(C)(=O)=O)c1ccc(Cl)cc1Cl. The molecule has 0 aromatic heterocycles. The van der Waals surface area contributed by atoms with Crippen molar-refractivity contribution in [1.29, 1.82) is 0 Å². The van der Waals surface area contributed by atoms with Crippen LogP contribution in [-0.4, -0.2) is 46.1 Å². The fraction of sp³-hybridized carbons (Fsp3) is 0.500. The van der Waals surface area contributed by atoms with E-state index in [1.165, 1.54) is 6.26 Å². The smallest absolute Gasteiger partial charge is 0.189 e. The van der Waals surface area contributed by atoms with Crippen molar-refractivity contribution in [2.75, 3.05) is 31.8 Å². The standard InChI is InChI=1S/C14H21Cl2N3O3S/c1-10(12-4-3-11(15)9-13(12)16)19-14(17)18-5-6-22-7-8-23(2,20)21/h3-4,9-10H,5-8H2,1-2H3,(H3,17,18,19). The van der Waals surface area contributed by atoms with Crippen LogP contribution in [0, 0.1) is 0 Å². The number of guanidine groups is 1. The zero-order chi connectivity index (χ0) is 17.5. The number of nitrogens with two attached hydrogens (primary N) is 1. The normalized spacial score (nSPS) is 13.8. The molecule has 0 fully saturated rings. The van der Waals surface area contributed by atoms with E-state index in [1.54, 1.807) is 12.1 Å². The van der Waals surface area contributed by atoms with Crippen LogP contribution in [0.25, 0.3) is 0 Å². The monoisotopic (exact) mass is 381 g/mol. The zero-order valence-electron chi connectivity index (χ0n) is 13.1. The first kappa shape index (κ1) is 20.0. The summed E-state index contributed by atoms with van der Waals surface area (Å²) in [6.07, 6.45) is 1.17. The summed E-state index contributed by atoms with van der Waals surface area (Å²) in [4.78, 5) is 4.11. The third-order valence-corrected chi connectivity index (χ3v) is 4.38. The van der Waals surface area contributed by atoms with Crippen molar-refractivity contribution < 1.29 is 13.2 Å². The molecule has 0 spiro atoms. The van der Waals surface area contributed by atoms with E-state index in [2.05, 4.69) is 10.3 Å². The minimum atomic E-state index is -3.00. The number of aliphatic imine (C=N–C) groups is 1. The average Bonchev–Trinajstić information content (AvgIpc) is 2.41. The van der Waals surface area contributed by atoms with Crippen molar-refractivity contribution in [3.05, 3.63) is 33.8 Å². The fourth-order valence-electron chi connectivity index (χ4n) is 1.74. The number of hydrogen-bond donors (Lipinski definition) is 2. The van der Waals surface area contributed by atoms with Gasteiger partial charge in [0, 0.05) is 16.3 Å². The number of rotatable bonds is 8. The molecular weight excluding hydrogens is 361 g/mol. The maximum absolute atomic E-state index is 10.9. The molecule has 0 aliphatic rings. The lowest BCUT2D eigenvalue weighted by molar-refractivity contribution is 0.157. The number of sulfone groups is 1. The highest BCUT2D eigenvalue weighted by Crippen LogP contribution is 2.25. The predicted octanol–water partition coefficient (Wildman–Crippen LogP) is 2.02. The van der Waals surface area contributed by atoms with Gasteiger partial charge in [0.25, 0.3) is 0 Å². The molecule has 23 heavy (non-hydrogen) atoms. The Kier molecular flexibility index (Phi) is 8.11. The number of nitrogens with zero attached hydrogens (tertiary/aromatic N) is 1. The highest BCUT2D eigenvalue weighted by molar-refractivity contribution is 7.90. The molecule has 0 heterocycles. The van der Waals surface area contributed by atoms with Crippen LogP contribution in [-0.2, 0) is 14.6 Å². The van der Waals surface area contributed by atoms with Gasteiger partial charge in [0.05, 0.1) is 31.6 Å². The molecule has 1 unspecified atom stereocenters. The summed E-state index contributed by atoms with van der Waals surface area (Å²) in [6, 6.07) is 5.11. The highest BCUT2D eigenvalue weighted by atomic mass is 35.5. The summed E-state index contributed by atoms with van der Waals surface area (Å²) < 4.78 is 27.0. The lowest BCUT2D eigenvalue weighted by atomic mass is 10.1. The van der Waals surface area contributed by atoms with Gasteiger partial charge < -0.3 is 15.8 Å². The molecular formula is C14H21Cl2N3O3S.